The van der Waals surface area contributed by atoms with Gasteiger partial charge in [-0.25, -0.2) is 4.79 Å². The zero-order chi connectivity index (χ0) is 14.7. The largest absolute Gasteiger partial charge is 0.481 e. The van der Waals surface area contributed by atoms with Gasteiger partial charge in [0.25, 0.3) is 0 Å². The third kappa shape index (κ3) is 3.20. The molecule has 0 bridgehead atoms. The molecule has 2 aliphatic rings. The first kappa shape index (κ1) is 14.6. The van der Waals surface area contributed by atoms with E-state index in [1.54, 1.807) is 9.80 Å². The van der Waals surface area contributed by atoms with Crippen LogP contribution in [0.1, 0.15) is 19.3 Å². The average molecular weight is 284 g/mol. The summed E-state index contributed by atoms with van der Waals surface area (Å²) in [6.45, 7) is 2.03. The fourth-order valence-corrected chi connectivity index (χ4v) is 2.91. The van der Waals surface area contributed by atoms with Crippen molar-refractivity contribution in [3.63, 3.8) is 0 Å². The number of amides is 2. The first-order valence-corrected chi connectivity index (χ1v) is 6.84. The van der Waals surface area contributed by atoms with Crippen molar-refractivity contribution in [1.29, 1.82) is 0 Å². The number of aliphatic carboxylic acids is 1. The second-order valence-corrected chi connectivity index (χ2v) is 5.44. The molecule has 2 rings (SSSR count). The van der Waals surface area contributed by atoms with E-state index in [1.165, 1.54) is 7.11 Å². The molecular weight excluding hydrogens is 264 g/mol. The third-order valence-electron chi connectivity index (χ3n) is 4.01. The van der Waals surface area contributed by atoms with Crippen LogP contribution < -0.4 is 0 Å². The molecule has 1 N–H and O–H groups in total. The summed E-state index contributed by atoms with van der Waals surface area (Å²) in [5, 5.41) is 8.77. The van der Waals surface area contributed by atoms with E-state index in [0.29, 0.717) is 32.6 Å². The van der Waals surface area contributed by atoms with Gasteiger partial charge in [0.05, 0.1) is 13.0 Å². The van der Waals surface area contributed by atoms with Crippen molar-refractivity contribution in [3.05, 3.63) is 0 Å². The van der Waals surface area contributed by atoms with Crippen LogP contribution in [0, 0.1) is 11.8 Å². The number of rotatable bonds is 3. The summed E-state index contributed by atoms with van der Waals surface area (Å²) in [5.41, 5.74) is 0. The molecule has 0 aromatic carbocycles. The average Bonchev–Trinajstić information content (AvgIpc) is 3.05. The fraction of sp³-hybridized carbons (Fsp3) is 0.769. The van der Waals surface area contributed by atoms with Gasteiger partial charge in [-0.05, 0) is 18.8 Å². The van der Waals surface area contributed by atoms with E-state index in [4.69, 9.17) is 9.84 Å². The molecule has 2 aliphatic heterocycles. The molecule has 2 fully saturated rings. The highest BCUT2D eigenvalue weighted by Crippen LogP contribution is 2.24. The van der Waals surface area contributed by atoms with Crippen molar-refractivity contribution >= 4 is 18.0 Å². The number of likely N-dealkylation sites (tertiary alicyclic amines) is 2. The number of urea groups is 1. The standard InChI is InChI=1S/C13H20N2O5/c1-20-12(18)10-3-5-15(8-10)13(19)14-4-2-9(7-14)6-11(16)17/h9-10H,2-8H2,1H3,(H,16,17). The van der Waals surface area contributed by atoms with E-state index in [0.717, 1.165) is 6.42 Å². The van der Waals surface area contributed by atoms with E-state index < -0.39 is 5.97 Å². The monoisotopic (exact) mass is 284 g/mol. The van der Waals surface area contributed by atoms with Crippen molar-refractivity contribution in [3.8, 4) is 0 Å². The van der Waals surface area contributed by atoms with Gasteiger partial charge in [-0.2, -0.15) is 0 Å². The Morgan fingerprint density at radius 2 is 1.80 bits per heavy atom. The van der Waals surface area contributed by atoms with Crippen LogP contribution in [0.25, 0.3) is 0 Å². The molecule has 0 aliphatic carbocycles. The van der Waals surface area contributed by atoms with E-state index >= 15 is 0 Å². The van der Waals surface area contributed by atoms with E-state index in [2.05, 4.69) is 0 Å². The highest BCUT2D eigenvalue weighted by Gasteiger charge is 2.36. The summed E-state index contributed by atoms with van der Waals surface area (Å²) in [5.74, 6) is -1.29. The van der Waals surface area contributed by atoms with Gasteiger partial charge in [-0.1, -0.05) is 0 Å². The molecular formula is C13H20N2O5. The Bertz CT molecular complexity index is 412. The summed E-state index contributed by atoms with van der Waals surface area (Å²) in [7, 11) is 1.35. The Hall–Kier alpha value is -1.79. The molecule has 2 amide bonds. The lowest BCUT2D eigenvalue weighted by molar-refractivity contribution is -0.145. The van der Waals surface area contributed by atoms with E-state index in [9.17, 15) is 14.4 Å². The van der Waals surface area contributed by atoms with Crippen molar-refractivity contribution in [2.75, 3.05) is 33.3 Å². The second kappa shape index (κ2) is 6.11. The Balaban J connectivity index is 1.84. The summed E-state index contributed by atoms with van der Waals surface area (Å²) in [4.78, 5) is 37.7. The number of methoxy groups -OCH3 is 1. The van der Waals surface area contributed by atoms with Crippen molar-refractivity contribution < 1.29 is 24.2 Å². The number of carbonyl (C=O) groups is 3. The minimum atomic E-state index is -0.823. The van der Waals surface area contributed by atoms with Crippen LogP contribution >= 0.6 is 0 Å². The molecule has 7 heteroatoms. The van der Waals surface area contributed by atoms with Crippen LogP contribution in [0.5, 0.6) is 0 Å². The predicted octanol–water partition coefficient (Wildman–Crippen LogP) is 0.398. The zero-order valence-electron chi connectivity index (χ0n) is 11.6. The summed E-state index contributed by atoms with van der Waals surface area (Å²) in [6.07, 6.45) is 1.46. The Labute approximate surface area is 117 Å². The number of ether oxygens (including phenoxy) is 1. The molecule has 7 nitrogen and oxygen atoms in total. The SMILES string of the molecule is COC(=O)C1CCN(C(=O)N2CCC(CC(=O)O)C2)C1. The molecule has 0 spiro atoms. The van der Waals surface area contributed by atoms with Crippen molar-refractivity contribution in [2.45, 2.75) is 19.3 Å². The molecule has 20 heavy (non-hydrogen) atoms. The number of carboxylic acid groups (broad SMARTS) is 1. The molecule has 0 saturated carbocycles. The Morgan fingerprint density at radius 3 is 2.45 bits per heavy atom. The van der Waals surface area contributed by atoms with Crippen molar-refractivity contribution in [2.24, 2.45) is 11.8 Å². The van der Waals surface area contributed by atoms with E-state index in [-0.39, 0.29) is 30.3 Å². The summed E-state index contributed by atoms with van der Waals surface area (Å²) < 4.78 is 4.69. The topological polar surface area (TPSA) is 87.2 Å². The predicted molar refractivity (Wildman–Crippen MR) is 69.0 cm³/mol. The number of esters is 1. The smallest absolute Gasteiger partial charge is 0.320 e. The Morgan fingerprint density at radius 1 is 1.15 bits per heavy atom. The molecule has 0 aromatic heterocycles. The molecule has 0 aromatic rings. The van der Waals surface area contributed by atoms with E-state index in [1.807, 2.05) is 0 Å². The van der Waals surface area contributed by atoms with Crippen molar-refractivity contribution in [1.82, 2.24) is 9.80 Å². The first-order valence-electron chi connectivity index (χ1n) is 6.84. The minimum Gasteiger partial charge on any atom is -0.481 e. The van der Waals surface area contributed by atoms with Gasteiger partial charge in [-0.15, -0.1) is 0 Å². The normalized spacial score (nSPS) is 25.9. The molecule has 112 valence electrons. The van der Waals surface area contributed by atoms with Crippen LogP contribution in [0.2, 0.25) is 0 Å². The molecule has 2 heterocycles. The van der Waals surface area contributed by atoms with Crippen LogP contribution in [-0.2, 0) is 14.3 Å². The summed E-state index contributed by atoms with van der Waals surface area (Å²) in [6, 6.07) is -0.0932. The number of hydrogen-bond acceptors (Lipinski definition) is 4. The lowest BCUT2D eigenvalue weighted by Crippen LogP contribution is -2.41. The summed E-state index contributed by atoms with van der Waals surface area (Å²) >= 11 is 0. The minimum absolute atomic E-state index is 0.0375. The first-order chi connectivity index (χ1) is 9.51. The lowest BCUT2D eigenvalue weighted by atomic mass is 10.1. The van der Waals surface area contributed by atoms with Crippen LogP contribution in [0.4, 0.5) is 4.79 Å². The van der Waals surface area contributed by atoms with Gasteiger partial charge in [0.2, 0.25) is 0 Å². The maximum atomic E-state index is 12.3. The maximum Gasteiger partial charge on any atom is 0.320 e. The fourth-order valence-electron chi connectivity index (χ4n) is 2.91. The quantitative estimate of drug-likeness (QED) is 0.758. The highest BCUT2D eigenvalue weighted by atomic mass is 16.5. The number of hydrogen-bond donors (Lipinski definition) is 1. The number of carbonyl (C=O) groups excluding carboxylic acids is 2. The van der Waals surface area contributed by atoms with Crippen LogP contribution in [-0.4, -0.2) is 66.2 Å². The highest BCUT2D eigenvalue weighted by molar-refractivity contribution is 5.78. The van der Waals surface area contributed by atoms with Gasteiger partial charge in [0, 0.05) is 32.6 Å². The number of nitrogens with zero attached hydrogens (tertiary/aromatic N) is 2. The van der Waals surface area contributed by atoms with Gasteiger partial charge >= 0.3 is 18.0 Å². The van der Waals surface area contributed by atoms with Gasteiger partial charge in [0.1, 0.15) is 0 Å². The van der Waals surface area contributed by atoms with Gasteiger partial charge < -0.3 is 19.6 Å². The second-order valence-electron chi connectivity index (χ2n) is 5.44. The van der Waals surface area contributed by atoms with Crippen LogP contribution in [0.15, 0.2) is 0 Å². The molecule has 2 unspecified atom stereocenters. The molecule has 0 radical (unpaired) electrons. The maximum absolute atomic E-state index is 12.3. The van der Waals surface area contributed by atoms with Gasteiger partial charge in [-0.3, -0.25) is 9.59 Å². The molecule has 2 atom stereocenters. The zero-order valence-corrected chi connectivity index (χ0v) is 11.6. The lowest BCUT2D eigenvalue weighted by Gasteiger charge is -2.24. The van der Waals surface area contributed by atoms with Gasteiger partial charge in [0.15, 0.2) is 0 Å². The Kier molecular flexibility index (Phi) is 4.46. The van der Waals surface area contributed by atoms with Crippen LogP contribution in [0.3, 0.4) is 0 Å². The third-order valence-corrected chi connectivity index (χ3v) is 4.01. The molecule has 2 saturated heterocycles. The number of carboxylic acids is 1.